The van der Waals surface area contributed by atoms with Gasteiger partial charge in [0.25, 0.3) is 10.1 Å². The van der Waals surface area contributed by atoms with Crippen molar-refractivity contribution in [2.45, 2.75) is 43.4 Å². The molecule has 4 aromatic rings. The zero-order valence-electron chi connectivity index (χ0n) is 26.6. The number of aryl methyl sites for hydroxylation is 1. The molecule has 6 rings (SSSR count). The molecule has 2 aliphatic rings. The number of hydrogen-bond donors (Lipinski definition) is 1. The number of halogens is 2. The van der Waals surface area contributed by atoms with E-state index in [1.54, 1.807) is 23.1 Å². The molecule has 2 aromatic heterocycles. The van der Waals surface area contributed by atoms with E-state index in [0.29, 0.717) is 37.3 Å². The van der Waals surface area contributed by atoms with Gasteiger partial charge in [-0.1, -0.05) is 48.0 Å². The SMILES string of the molecule is CN1CC[C@@H]1COc1ccc(F)nc1.Cc1ccc(S(=O)(=O)O)cc1.O=C(OCc1ccccc1)N1CC[C@@H]1COc1ccc(F)nc1. The highest BCUT2D eigenvalue weighted by molar-refractivity contribution is 7.85. The van der Waals surface area contributed by atoms with E-state index in [2.05, 4.69) is 21.9 Å². The first-order valence-corrected chi connectivity index (χ1v) is 16.6. The summed E-state index contributed by atoms with van der Waals surface area (Å²) in [6.45, 7) is 4.88. The zero-order chi connectivity index (χ0) is 34.5. The highest BCUT2D eigenvalue weighted by Crippen LogP contribution is 2.21. The van der Waals surface area contributed by atoms with Crippen molar-refractivity contribution >= 4 is 16.2 Å². The average molecular weight is 685 g/mol. The van der Waals surface area contributed by atoms with Crippen molar-refractivity contribution in [3.05, 3.63) is 114 Å². The maximum Gasteiger partial charge on any atom is 0.410 e. The molecule has 1 amide bonds. The summed E-state index contributed by atoms with van der Waals surface area (Å²) in [7, 11) is -1.95. The zero-order valence-corrected chi connectivity index (χ0v) is 27.4. The molecule has 14 heteroatoms. The third kappa shape index (κ3) is 11.5. The van der Waals surface area contributed by atoms with Crippen LogP contribution in [0.5, 0.6) is 11.5 Å². The van der Waals surface area contributed by atoms with E-state index in [4.69, 9.17) is 18.8 Å². The molecule has 2 aromatic carbocycles. The minimum Gasteiger partial charge on any atom is -0.490 e. The predicted octanol–water partition coefficient (Wildman–Crippen LogP) is 5.56. The fourth-order valence-corrected chi connectivity index (χ4v) is 4.91. The van der Waals surface area contributed by atoms with Crippen LogP contribution >= 0.6 is 0 Å². The quantitative estimate of drug-likeness (QED) is 0.177. The van der Waals surface area contributed by atoms with E-state index < -0.39 is 22.0 Å². The normalized spacial score (nSPS) is 16.9. The molecule has 256 valence electrons. The van der Waals surface area contributed by atoms with Crippen molar-refractivity contribution in [2.24, 2.45) is 0 Å². The molecule has 2 atom stereocenters. The molecule has 11 nitrogen and oxygen atoms in total. The second kappa shape index (κ2) is 17.5. The van der Waals surface area contributed by atoms with Gasteiger partial charge in [0.15, 0.2) is 0 Å². The van der Waals surface area contributed by atoms with Crippen LogP contribution in [-0.2, 0) is 21.5 Å². The van der Waals surface area contributed by atoms with Crippen LogP contribution in [0.15, 0.2) is 96.2 Å². The van der Waals surface area contributed by atoms with Crippen LogP contribution in [0.2, 0.25) is 0 Å². The number of ether oxygens (including phenoxy) is 3. The maximum absolute atomic E-state index is 12.7. The Morgan fingerprint density at radius 2 is 1.40 bits per heavy atom. The fraction of sp³-hybridized carbons (Fsp3) is 0.324. The van der Waals surface area contributed by atoms with Gasteiger partial charge in [0.2, 0.25) is 11.9 Å². The first kappa shape index (κ1) is 36.2. The van der Waals surface area contributed by atoms with Gasteiger partial charge in [0, 0.05) is 12.6 Å². The number of rotatable bonds is 9. The highest BCUT2D eigenvalue weighted by atomic mass is 32.2. The summed E-state index contributed by atoms with van der Waals surface area (Å²) < 4.78 is 71.0. The molecule has 0 aliphatic carbocycles. The summed E-state index contributed by atoms with van der Waals surface area (Å²) in [5.74, 6) is 0.0906. The topological polar surface area (TPSA) is 131 Å². The fourth-order valence-electron chi connectivity index (χ4n) is 4.43. The molecule has 0 radical (unpaired) electrons. The monoisotopic (exact) mass is 684 g/mol. The number of likely N-dealkylation sites (tertiary alicyclic amines) is 2. The highest BCUT2D eigenvalue weighted by Gasteiger charge is 2.34. The molecular formula is C34H38F2N4O7S. The Kier molecular flexibility index (Phi) is 13.2. The molecule has 2 saturated heterocycles. The number of nitrogens with zero attached hydrogens (tertiary/aromatic N) is 4. The number of benzene rings is 2. The summed E-state index contributed by atoms with van der Waals surface area (Å²) in [5, 5.41) is 0. The van der Waals surface area contributed by atoms with Gasteiger partial charge in [0.1, 0.15) is 31.3 Å². The smallest absolute Gasteiger partial charge is 0.410 e. The molecular weight excluding hydrogens is 646 g/mol. The van der Waals surface area contributed by atoms with Crippen molar-refractivity contribution in [1.82, 2.24) is 19.8 Å². The summed E-state index contributed by atoms with van der Waals surface area (Å²) in [4.78, 5) is 22.9. The van der Waals surface area contributed by atoms with Crippen LogP contribution in [0, 0.1) is 18.8 Å². The lowest BCUT2D eigenvalue weighted by Gasteiger charge is -2.39. The van der Waals surface area contributed by atoms with E-state index in [1.807, 2.05) is 37.3 Å². The first-order chi connectivity index (χ1) is 23.0. The Labute approximate surface area is 278 Å². The van der Waals surface area contributed by atoms with Crippen LogP contribution in [0.1, 0.15) is 24.0 Å². The lowest BCUT2D eigenvalue weighted by molar-refractivity contribution is 0.0259. The molecule has 48 heavy (non-hydrogen) atoms. The lowest BCUT2D eigenvalue weighted by atomic mass is 10.1. The number of aromatic nitrogens is 2. The largest absolute Gasteiger partial charge is 0.490 e. The van der Waals surface area contributed by atoms with Crippen LogP contribution in [0.3, 0.4) is 0 Å². The molecule has 0 bridgehead atoms. The van der Waals surface area contributed by atoms with Crippen molar-refractivity contribution < 1.29 is 40.8 Å². The molecule has 0 spiro atoms. The Morgan fingerprint density at radius 1 is 0.833 bits per heavy atom. The van der Waals surface area contributed by atoms with E-state index in [9.17, 15) is 22.0 Å². The average Bonchev–Trinajstić information content (AvgIpc) is 3.05. The van der Waals surface area contributed by atoms with Crippen LogP contribution in [0.4, 0.5) is 13.6 Å². The number of carbonyl (C=O) groups excluding carboxylic acids is 1. The number of likely N-dealkylation sites (N-methyl/N-ethyl adjacent to an activating group) is 1. The second-order valence-electron chi connectivity index (χ2n) is 11.1. The molecule has 0 unspecified atom stereocenters. The third-order valence-corrected chi connectivity index (χ3v) is 8.49. The number of hydrogen-bond acceptors (Lipinski definition) is 9. The standard InChI is InChI=1S/C17H17FN2O3.C10H13FN2O.C7H8O3S/c18-16-7-6-15(10-19-16)22-12-14-8-9-20(14)17(21)23-11-13-4-2-1-3-5-13;1-13-5-4-8(13)7-14-9-2-3-10(11)12-6-9;1-6-2-4-7(5-3-6)11(8,9)10/h1-7,10,14H,8-9,11-12H2;2-3,6,8H,4-5,7H2,1H3;2-5H,1H3,(H,8,9,10)/t14-;8-;/m11./s1. The van der Waals surface area contributed by atoms with Crippen LogP contribution < -0.4 is 9.47 Å². The van der Waals surface area contributed by atoms with E-state index in [1.165, 1.54) is 49.1 Å². The summed E-state index contributed by atoms with van der Waals surface area (Å²) in [6.07, 6.45) is 4.42. The van der Waals surface area contributed by atoms with Gasteiger partial charge >= 0.3 is 6.09 Å². The summed E-state index contributed by atoms with van der Waals surface area (Å²) in [6, 6.07) is 21.7. The second-order valence-corrected chi connectivity index (χ2v) is 12.6. The van der Waals surface area contributed by atoms with E-state index in [-0.39, 0.29) is 23.6 Å². The minimum atomic E-state index is -4.02. The van der Waals surface area contributed by atoms with Crippen LogP contribution in [-0.4, -0.2) is 84.3 Å². The predicted molar refractivity (Wildman–Crippen MR) is 173 cm³/mol. The Bertz CT molecular complexity index is 1680. The molecule has 4 heterocycles. The van der Waals surface area contributed by atoms with Gasteiger partial charge in [0.05, 0.1) is 23.3 Å². The molecule has 2 fully saturated rings. The van der Waals surface area contributed by atoms with Crippen molar-refractivity contribution in [1.29, 1.82) is 0 Å². The Morgan fingerprint density at radius 3 is 1.83 bits per heavy atom. The van der Waals surface area contributed by atoms with Crippen molar-refractivity contribution in [3.8, 4) is 11.5 Å². The molecule has 2 aliphatic heterocycles. The van der Waals surface area contributed by atoms with Gasteiger partial charge in [-0.25, -0.2) is 14.8 Å². The Balaban J connectivity index is 0.000000177. The number of pyridine rings is 2. The number of amides is 1. The van der Waals surface area contributed by atoms with Gasteiger partial charge in [-0.05, 0) is 75.3 Å². The van der Waals surface area contributed by atoms with Gasteiger partial charge in [-0.2, -0.15) is 17.2 Å². The van der Waals surface area contributed by atoms with Crippen molar-refractivity contribution in [3.63, 3.8) is 0 Å². The number of carbonyl (C=O) groups is 1. The van der Waals surface area contributed by atoms with E-state index in [0.717, 1.165) is 24.1 Å². The summed E-state index contributed by atoms with van der Waals surface area (Å²) in [5.41, 5.74) is 1.91. The van der Waals surface area contributed by atoms with Gasteiger partial charge in [-0.15, -0.1) is 0 Å². The summed E-state index contributed by atoms with van der Waals surface area (Å²) >= 11 is 0. The van der Waals surface area contributed by atoms with Crippen molar-refractivity contribution in [2.75, 3.05) is 33.4 Å². The molecule has 0 saturated carbocycles. The lowest BCUT2D eigenvalue weighted by Crippen LogP contribution is -2.54. The maximum atomic E-state index is 12.7. The Hall–Kier alpha value is -4.66. The first-order valence-electron chi connectivity index (χ1n) is 15.2. The third-order valence-electron chi connectivity index (χ3n) is 7.63. The van der Waals surface area contributed by atoms with Gasteiger partial charge < -0.3 is 19.1 Å². The van der Waals surface area contributed by atoms with E-state index >= 15 is 0 Å². The van der Waals surface area contributed by atoms with Gasteiger partial charge in [-0.3, -0.25) is 9.45 Å². The van der Waals surface area contributed by atoms with Crippen LogP contribution in [0.25, 0.3) is 0 Å². The molecule has 1 N–H and O–H groups in total. The minimum absolute atomic E-state index is 0.0247.